The van der Waals surface area contributed by atoms with Crippen LogP contribution in [0, 0.1) is 0 Å². The number of amides is 3. The van der Waals surface area contributed by atoms with E-state index < -0.39 is 39.0 Å². The van der Waals surface area contributed by atoms with Crippen molar-refractivity contribution in [1.29, 1.82) is 0 Å². The van der Waals surface area contributed by atoms with Crippen molar-refractivity contribution in [2.75, 3.05) is 13.3 Å². The molecule has 4 saturated heterocycles. The molecule has 0 N–H and O–H groups in total. The number of carbonyl (C=O) groups is 2. The molecule has 10 heteroatoms. The van der Waals surface area contributed by atoms with Crippen LogP contribution in [0.1, 0.15) is 32.8 Å². The Bertz CT molecular complexity index is 1430. The molecule has 6 atom stereocenters. The third kappa shape index (κ3) is 4.73. The lowest BCUT2D eigenvalue weighted by Crippen LogP contribution is -2.74. The lowest BCUT2D eigenvalue weighted by atomic mass is 10.0. The van der Waals surface area contributed by atoms with Crippen molar-refractivity contribution in [2.45, 2.75) is 69.5 Å². The average Bonchev–Trinajstić information content (AvgIpc) is 3.13. The Morgan fingerprint density at radius 2 is 1.49 bits per heavy atom. The van der Waals surface area contributed by atoms with E-state index in [2.05, 4.69) is 69.3 Å². The molecule has 9 nitrogen and oxygen atoms in total. The molecule has 43 heavy (non-hydrogen) atoms. The molecule has 4 aliphatic rings. The third-order valence-electron chi connectivity index (χ3n) is 9.00. The van der Waals surface area contributed by atoms with Gasteiger partial charge in [-0.25, -0.2) is 9.69 Å². The van der Waals surface area contributed by atoms with Gasteiger partial charge in [0.1, 0.15) is 25.1 Å². The van der Waals surface area contributed by atoms with E-state index in [1.807, 2.05) is 42.5 Å². The first kappa shape index (κ1) is 28.4. The van der Waals surface area contributed by atoms with Crippen molar-refractivity contribution in [3.8, 4) is 0 Å². The van der Waals surface area contributed by atoms with Gasteiger partial charge in [-0.15, -0.1) is 0 Å². The van der Waals surface area contributed by atoms with E-state index in [1.54, 1.807) is 9.96 Å². The Kier molecular flexibility index (Phi) is 7.24. The van der Waals surface area contributed by atoms with Crippen molar-refractivity contribution in [1.82, 2.24) is 14.9 Å². The fourth-order valence-electron chi connectivity index (χ4n) is 7.01. The molecule has 0 aromatic heterocycles. The molecule has 3 amide bonds. The van der Waals surface area contributed by atoms with Crippen LogP contribution in [0.3, 0.4) is 0 Å². The monoisotopic (exact) mass is 599 g/mol. The smallest absolute Gasteiger partial charge is 0.332 e. The molecular weight excluding hydrogens is 562 g/mol. The zero-order chi connectivity index (χ0) is 29.8. The van der Waals surface area contributed by atoms with Crippen LogP contribution in [-0.2, 0) is 30.1 Å². The van der Waals surface area contributed by atoms with Crippen LogP contribution in [0.15, 0.2) is 91.0 Å². The quantitative estimate of drug-likeness (QED) is 0.367. The summed E-state index contributed by atoms with van der Waals surface area (Å²) in [6, 6.07) is 30.2. The summed E-state index contributed by atoms with van der Waals surface area (Å²) < 4.78 is 19.8. The molecule has 3 aromatic rings. The SMILES string of the molecule is CC(C)(C)[Si](O[C@H]1[C@@H]2ON3C[C@@H]1O[C@@H]2N1C(=O)N(COCc2ccccc2)C(=O)C[C@H]31)(c1ccccc1)c1ccccc1. The van der Waals surface area contributed by atoms with Gasteiger partial charge in [0, 0.05) is 0 Å². The molecule has 224 valence electrons. The van der Waals surface area contributed by atoms with E-state index in [0.717, 1.165) is 5.56 Å². The van der Waals surface area contributed by atoms with Gasteiger partial charge >= 0.3 is 6.03 Å². The third-order valence-corrected chi connectivity index (χ3v) is 14.0. The first-order chi connectivity index (χ1) is 20.8. The first-order valence-electron chi connectivity index (χ1n) is 14.9. The van der Waals surface area contributed by atoms with Crippen molar-refractivity contribution in [3.63, 3.8) is 0 Å². The topological polar surface area (TPSA) is 80.8 Å². The van der Waals surface area contributed by atoms with Crippen molar-refractivity contribution < 1.29 is 28.3 Å². The maximum atomic E-state index is 13.9. The summed E-state index contributed by atoms with van der Waals surface area (Å²) in [6.07, 6.45) is -2.33. The normalized spacial score (nSPS) is 28.3. The molecule has 4 heterocycles. The Hall–Kier alpha value is -3.38. The molecule has 4 aliphatic heterocycles. The number of imide groups is 1. The molecule has 0 spiro atoms. The van der Waals surface area contributed by atoms with E-state index >= 15 is 0 Å². The second-order valence-corrected chi connectivity index (χ2v) is 16.9. The van der Waals surface area contributed by atoms with Gasteiger partial charge < -0.3 is 13.9 Å². The number of hydroxylamine groups is 2. The van der Waals surface area contributed by atoms with Gasteiger partial charge in [0.15, 0.2) is 12.3 Å². The van der Waals surface area contributed by atoms with Gasteiger partial charge in [0.25, 0.3) is 8.32 Å². The van der Waals surface area contributed by atoms with Crippen LogP contribution < -0.4 is 10.4 Å². The highest BCUT2D eigenvalue weighted by Gasteiger charge is 2.66. The second-order valence-electron chi connectivity index (χ2n) is 12.6. The molecule has 3 bridgehead atoms. The minimum atomic E-state index is -2.91. The van der Waals surface area contributed by atoms with Gasteiger partial charge in [-0.2, -0.15) is 5.06 Å². The number of rotatable bonds is 8. The maximum absolute atomic E-state index is 13.9. The highest BCUT2D eigenvalue weighted by Crippen LogP contribution is 2.46. The standard InChI is InChI=1S/C33H37N3O6Si/c1-33(2,3)43(24-15-9-5-10-16-24,25-17-11-6-12-18-25)42-29-26-20-35-27-19-28(37)34(22-39-21-23-13-7-4-8-14-23)32(38)36(27)31(40-26)30(29)41-35/h4-18,26-27,29-31H,19-22H2,1-3H3/t26-,27+,29+,30-,31-/m0/s1. The average molecular weight is 600 g/mol. The first-order valence-corrected chi connectivity index (χ1v) is 16.8. The Morgan fingerprint density at radius 3 is 2.09 bits per heavy atom. The van der Waals surface area contributed by atoms with E-state index in [-0.39, 0.29) is 30.2 Å². The van der Waals surface area contributed by atoms with Crippen molar-refractivity contribution in [3.05, 3.63) is 96.6 Å². The van der Waals surface area contributed by atoms with Crippen LogP contribution in [0.4, 0.5) is 4.79 Å². The van der Waals surface area contributed by atoms with E-state index in [1.165, 1.54) is 15.3 Å². The predicted octanol–water partition coefficient (Wildman–Crippen LogP) is 3.44. The number of hydrogen-bond acceptors (Lipinski definition) is 7. The number of benzene rings is 3. The fraction of sp³-hybridized carbons (Fsp3) is 0.394. The highest BCUT2D eigenvalue weighted by atomic mass is 28.4. The van der Waals surface area contributed by atoms with E-state index in [9.17, 15) is 9.59 Å². The second kappa shape index (κ2) is 11.0. The highest BCUT2D eigenvalue weighted by molar-refractivity contribution is 6.99. The van der Waals surface area contributed by atoms with Crippen LogP contribution in [0.5, 0.6) is 0 Å². The Balaban J connectivity index is 1.17. The molecule has 7 rings (SSSR count). The largest absolute Gasteiger partial charge is 0.399 e. The number of hydrogen-bond donors (Lipinski definition) is 0. The summed E-state index contributed by atoms with van der Waals surface area (Å²) in [6.45, 7) is 7.30. The number of fused-ring (bicyclic) bond motifs is 5. The lowest BCUT2D eigenvalue weighted by Gasteiger charge is -2.53. The molecule has 0 radical (unpaired) electrons. The fourth-order valence-corrected chi connectivity index (χ4v) is 11.7. The maximum Gasteiger partial charge on any atom is 0.332 e. The number of urea groups is 1. The van der Waals surface area contributed by atoms with Gasteiger partial charge in [0.05, 0.1) is 19.6 Å². The minimum Gasteiger partial charge on any atom is -0.399 e. The Morgan fingerprint density at radius 1 is 0.884 bits per heavy atom. The minimum absolute atomic E-state index is 0.111. The summed E-state index contributed by atoms with van der Waals surface area (Å²) in [5, 5.41) is 3.86. The molecular formula is C33H37N3O6Si. The van der Waals surface area contributed by atoms with Gasteiger partial charge in [-0.05, 0) is 21.0 Å². The van der Waals surface area contributed by atoms with Gasteiger partial charge in [0.2, 0.25) is 5.91 Å². The van der Waals surface area contributed by atoms with Crippen LogP contribution >= 0.6 is 0 Å². The zero-order valence-electron chi connectivity index (χ0n) is 24.7. The van der Waals surface area contributed by atoms with Crippen LogP contribution in [0.25, 0.3) is 0 Å². The zero-order valence-corrected chi connectivity index (χ0v) is 25.7. The summed E-state index contributed by atoms with van der Waals surface area (Å²) >= 11 is 0. The van der Waals surface area contributed by atoms with Crippen molar-refractivity contribution >= 4 is 30.6 Å². The number of ether oxygens (including phenoxy) is 2. The van der Waals surface area contributed by atoms with E-state index in [0.29, 0.717) is 13.2 Å². The number of carbonyl (C=O) groups excluding carboxylic acids is 2. The van der Waals surface area contributed by atoms with E-state index in [4.69, 9.17) is 18.7 Å². The molecule has 3 aromatic carbocycles. The summed E-state index contributed by atoms with van der Waals surface area (Å²) in [4.78, 5) is 36.3. The Labute approximate surface area is 253 Å². The summed E-state index contributed by atoms with van der Waals surface area (Å²) in [5.74, 6) is -0.288. The summed E-state index contributed by atoms with van der Waals surface area (Å²) in [7, 11) is -2.91. The molecule has 1 unspecified atom stereocenters. The van der Waals surface area contributed by atoms with Crippen molar-refractivity contribution in [2.24, 2.45) is 0 Å². The lowest BCUT2D eigenvalue weighted by molar-refractivity contribution is -0.322. The molecule has 0 aliphatic carbocycles. The summed E-state index contributed by atoms with van der Waals surface area (Å²) in [5.41, 5.74) is 0.970. The van der Waals surface area contributed by atoms with Gasteiger partial charge in [-0.3, -0.25) is 14.5 Å². The van der Waals surface area contributed by atoms with Gasteiger partial charge in [-0.1, -0.05) is 112 Å². The predicted molar refractivity (Wildman–Crippen MR) is 161 cm³/mol. The molecule has 0 saturated carbocycles. The number of nitrogens with zero attached hydrogens (tertiary/aromatic N) is 3. The molecule has 4 fully saturated rings. The van der Waals surface area contributed by atoms with Crippen LogP contribution in [0.2, 0.25) is 5.04 Å². The van der Waals surface area contributed by atoms with Crippen LogP contribution in [-0.4, -0.2) is 79.1 Å².